The molecule has 0 spiro atoms. The van der Waals surface area contributed by atoms with Gasteiger partial charge in [0.05, 0.1) is 10.9 Å². The number of rotatable bonds is 5. The average molecular weight is 432 g/mol. The fraction of sp³-hybridized carbons (Fsp3) is 0.300. The molecule has 1 aromatic carbocycles. The van der Waals surface area contributed by atoms with Crippen LogP contribution in [0.3, 0.4) is 0 Å². The Morgan fingerprint density at radius 2 is 2.07 bits per heavy atom. The molecule has 1 amide bonds. The summed E-state index contributed by atoms with van der Waals surface area (Å²) in [6.07, 6.45) is 3.84. The van der Waals surface area contributed by atoms with Gasteiger partial charge in [-0.1, -0.05) is 35.1 Å². The Kier molecular flexibility index (Phi) is 6.01. The van der Waals surface area contributed by atoms with Gasteiger partial charge in [0.15, 0.2) is 0 Å². The zero-order chi connectivity index (χ0) is 20.2. The number of halogens is 2. The first-order valence-corrected chi connectivity index (χ1v) is 10.5. The number of hydrogen-bond acceptors (Lipinski definition) is 6. The van der Waals surface area contributed by atoms with E-state index in [-0.39, 0.29) is 17.6 Å². The summed E-state index contributed by atoms with van der Waals surface area (Å²) < 4.78 is 13.1. The number of carbonyl (C=O) groups excluding carboxylic acids is 1. The molecule has 1 fully saturated rings. The lowest BCUT2D eigenvalue weighted by Crippen LogP contribution is -2.40. The van der Waals surface area contributed by atoms with Gasteiger partial charge in [0.25, 0.3) is 0 Å². The van der Waals surface area contributed by atoms with Crippen LogP contribution in [0.4, 0.5) is 15.3 Å². The summed E-state index contributed by atoms with van der Waals surface area (Å²) in [7, 11) is 0. The Morgan fingerprint density at radius 3 is 2.83 bits per heavy atom. The summed E-state index contributed by atoms with van der Waals surface area (Å²) >= 11 is 7.34. The number of anilines is 2. The number of aromatic nitrogens is 3. The molecule has 1 aliphatic rings. The van der Waals surface area contributed by atoms with Crippen molar-refractivity contribution in [2.45, 2.75) is 19.3 Å². The molecule has 3 aromatic rings. The fourth-order valence-electron chi connectivity index (χ4n) is 3.26. The van der Waals surface area contributed by atoms with Gasteiger partial charge in [-0.2, -0.15) is 0 Å². The molecule has 0 radical (unpaired) electrons. The SMILES string of the molecule is O=C(Nc1ccc(Cl)cn1)C1CCCN(c2nnc(Cc3ccc(F)cc3)s2)C1. The molecule has 0 saturated carbocycles. The van der Waals surface area contributed by atoms with E-state index in [1.54, 1.807) is 24.3 Å². The molecule has 9 heteroatoms. The van der Waals surface area contributed by atoms with E-state index in [0.29, 0.717) is 23.8 Å². The highest BCUT2D eigenvalue weighted by atomic mass is 35.5. The summed E-state index contributed by atoms with van der Waals surface area (Å²) in [5.41, 5.74) is 0.987. The van der Waals surface area contributed by atoms with Crippen LogP contribution in [-0.4, -0.2) is 34.2 Å². The molecule has 1 aliphatic heterocycles. The van der Waals surface area contributed by atoms with Gasteiger partial charge < -0.3 is 10.2 Å². The molecule has 4 rings (SSSR count). The summed E-state index contributed by atoms with van der Waals surface area (Å²) in [6.45, 7) is 1.43. The topological polar surface area (TPSA) is 71.0 Å². The van der Waals surface area contributed by atoms with Crippen LogP contribution in [0.5, 0.6) is 0 Å². The zero-order valence-corrected chi connectivity index (χ0v) is 17.1. The monoisotopic (exact) mass is 431 g/mol. The minimum atomic E-state index is -0.252. The highest BCUT2D eigenvalue weighted by Gasteiger charge is 2.28. The first-order valence-electron chi connectivity index (χ1n) is 9.31. The summed E-state index contributed by atoms with van der Waals surface area (Å²) in [6, 6.07) is 9.78. The van der Waals surface area contributed by atoms with Gasteiger partial charge in [0.2, 0.25) is 11.0 Å². The molecule has 6 nitrogen and oxygen atoms in total. The van der Waals surface area contributed by atoms with Gasteiger partial charge in [0, 0.05) is 25.7 Å². The molecular weight excluding hydrogens is 413 g/mol. The van der Waals surface area contributed by atoms with Crippen LogP contribution < -0.4 is 10.2 Å². The van der Waals surface area contributed by atoms with Crippen molar-refractivity contribution in [3.63, 3.8) is 0 Å². The van der Waals surface area contributed by atoms with Gasteiger partial charge in [-0.3, -0.25) is 4.79 Å². The zero-order valence-electron chi connectivity index (χ0n) is 15.5. The van der Waals surface area contributed by atoms with Gasteiger partial charge in [-0.15, -0.1) is 10.2 Å². The van der Waals surface area contributed by atoms with E-state index >= 15 is 0 Å². The maximum Gasteiger partial charge on any atom is 0.230 e. The molecule has 3 heterocycles. The van der Waals surface area contributed by atoms with Crippen molar-refractivity contribution in [1.29, 1.82) is 0 Å². The van der Waals surface area contributed by atoms with Gasteiger partial charge >= 0.3 is 0 Å². The van der Waals surface area contributed by atoms with E-state index in [4.69, 9.17) is 11.6 Å². The van der Waals surface area contributed by atoms with E-state index in [1.807, 2.05) is 0 Å². The number of nitrogens with zero attached hydrogens (tertiary/aromatic N) is 4. The Bertz CT molecular complexity index is 979. The highest BCUT2D eigenvalue weighted by Crippen LogP contribution is 2.28. The lowest BCUT2D eigenvalue weighted by Gasteiger charge is -2.31. The van der Waals surface area contributed by atoms with Gasteiger partial charge in [0.1, 0.15) is 16.6 Å². The second kappa shape index (κ2) is 8.84. The number of amides is 1. The molecule has 1 N–H and O–H groups in total. The van der Waals surface area contributed by atoms with Crippen LogP contribution in [0.25, 0.3) is 0 Å². The Hall–Kier alpha value is -2.58. The van der Waals surface area contributed by atoms with E-state index in [9.17, 15) is 9.18 Å². The minimum Gasteiger partial charge on any atom is -0.346 e. The van der Waals surface area contributed by atoms with Crippen LogP contribution in [0.15, 0.2) is 42.6 Å². The molecule has 0 aliphatic carbocycles. The number of piperidine rings is 1. The molecule has 150 valence electrons. The highest BCUT2D eigenvalue weighted by molar-refractivity contribution is 7.15. The smallest absolute Gasteiger partial charge is 0.230 e. The van der Waals surface area contributed by atoms with Crippen molar-refractivity contribution in [3.8, 4) is 0 Å². The second-order valence-electron chi connectivity index (χ2n) is 6.92. The first-order chi connectivity index (χ1) is 14.1. The molecule has 2 aromatic heterocycles. The molecule has 1 unspecified atom stereocenters. The summed E-state index contributed by atoms with van der Waals surface area (Å²) in [5, 5.41) is 13.6. The fourth-order valence-corrected chi connectivity index (χ4v) is 4.28. The van der Waals surface area contributed by atoms with E-state index < -0.39 is 0 Å². The third-order valence-electron chi connectivity index (χ3n) is 4.77. The van der Waals surface area contributed by atoms with Crippen LogP contribution in [0, 0.1) is 11.7 Å². The van der Waals surface area contributed by atoms with Crippen molar-refractivity contribution in [2.24, 2.45) is 5.92 Å². The Morgan fingerprint density at radius 1 is 1.24 bits per heavy atom. The van der Waals surface area contributed by atoms with E-state index in [1.165, 1.54) is 29.7 Å². The minimum absolute atomic E-state index is 0.0550. The normalized spacial score (nSPS) is 16.6. The number of benzene rings is 1. The molecule has 1 atom stereocenters. The largest absolute Gasteiger partial charge is 0.346 e. The van der Waals surface area contributed by atoms with Crippen molar-refractivity contribution in [2.75, 3.05) is 23.3 Å². The second-order valence-corrected chi connectivity index (χ2v) is 8.39. The quantitative estimate of drug-likeness (QED) is 0.656. The first kappa shape index (κ1) is 19.7. The number of carbonyl (C=O) groups is 1. The predicted molar refractivity (Wildman–Crippen MR) is 112 cm³/mol. The predicted octanol–water partition coefficient (Wildman–Crippen LogP) is 4.17. The van der Waals surface area contributed by atoms with Crippen molar-refractivity contribution in [1.82, 2.24) is 15.2 Å². The third kappa shape index (κ3) is 5.07. The number of hydrogen-bond donors (Lipinski definition) is 1. The van der Waals surface area contributed by atoms with Crippen LogP contribution >= 0.6 is 22.9 Å². The standard InChI is InChI=1S/C20H19ClFN5OS/c21-15-5-8-17(23-11-15)24-19(28)14-2-1-9-27(12-14)20-26-25-18(29-20)10-13-3-6-16(22)7-4-13/h3-8,11,14H,1-2,9-10,12H2,(H,23,24,28). The average Bonchev–Trinajstić information content (AvgIpc) is 3.20. The number of pyridine rings is 1. The Balaban J connectivity index is 1.38. The van der Waals surface area contributed by atoms with Crippen LogP contribution in [0.1, 0.15) is 23.4 Å². The molecule has 1 saturated heterocycles. The maximum atomic E-state index is 13.1. The summed E-state index contributed by atoms with van der Waals surface area (Å²) in [5.74, 6) is 0.0402. The van der Waals surface area contributed by atoms with Gasteiger partial charge in [-0.05, 0) is 42.7 Å². The lowest BCUT2D eigenvalue weighted by molar-refractivity contribution is -0.120. The molecule has 29 heavy (non-hydrogen) atoms. The van der Waals surface area contributed by atoms with Gasteiger partial charge in [-0.25, -0.2) is 9.37 Å². The maximum absolute atomic E-state index is 13.1. The van der Waals surface area contributed by atoms with Crippen LogP contribution in [-0.2, 0) is 11.2 Å². The number of nitrogens with one attached hydrogen (secondary N) is 1. The van der Waals surface area contributed by atoms with E-state index in [0.717, 1.165) is 35.1 Å². The van der Waals surface area contributed by atoms with E-state index in [2.05, 4.69) is 25.4 Å². The van der Waals surface area contributed by atoms with Crippen LogP contribution in [0.2, 0.25) is 5.02 Å². The Labute approximate surface area is 176 Å². The van der Waals surface area contributed by atoms with Crippen molar-refractivity contribution in [3.05, 3.63) is 64.0 Å². The summed E-state index contributed by atoms with van der Waals surface area (Å²) in [4.78, 5) is 18.9. The molecular formula is C20H19ClFN5OS. The van der Waals surface area contributed by atoms with Crippen molar-refractivity contribution < 1.29 is 9.18 Å². The van der Waals surface area contributed by atoms with Crippen molar-refractivity contribution >= 4 is 39.8 Å². The third-order valence-corrected chi connectivity index (χ3v) is 5.97. The lowest BCUT2D eigenvalue weighted by atomic mass is 9.97. The molecule has 0 bridgehead atoms.